The van der Waals surface area contributed by atoms with Crippen molar-refractivity contribution in [2.45, 2.75) is 18.7 Å². The highest BCUT2D eigenvalue weighted by Crippen LogP contribution is 2.36. The summed E-state index contributed by atoms with van der Waals surface area (Å²) in [5.41, 5.74) is 1.12. The van der Waals surface area contributed by atoms with Gasteiger partial charge in [-0.2, -0.15) is 5.10 Å². The molecule has 1 N–H and O–H groups in total. The number of benzene rings is 1. The highest BCUT2D eigenvalue weighted by molar-refractivity contribution is 7.92. The number of sulfonamides is 1. The summed E-state index contributed by atoms with van der Waals surface area (Å²) in [4.78, 5) is 13.7. The van der Waals surface area contributed by atoms with E-state index >= 15 is 0 Å². The Labute approximate surface area is 135 Å². The number of H-pyrrole nitrogens is 1. The lowest BCUT2D eigenvalue weighted by Crippen LogP contribution is -2.35. The molecular formula is C15H18N4O3S. The van der Waals surface area contributed by atoms with Gasteiger partial charge < -0.3 is 4.90 Å². The normalized spacial score (nSPS) is 18.4. The van der Waals surface area contributed by atoms with Crippen molar-refractivity contribution in [3.63, 3.8) is 0 Å². The van der Waals surface area contributed by atoms with Gasteiger partial charge in [-0.3, -0.25) is 14.2 Å². The maximum absolute atomic E-state index is 12.9. The third kappa shape index (κ3) is 2.70. The molecular weight excluding hydrogens is 316 g/mol. The molecule has 23 heavy (non-hydrogen) atoms. The number of anilines is 2. The Bertz CT molecular complexity index is 817. The highest BCUT2D eigenvalue weighted by atomic mass is 32.2. The quantitative estimate of drug-likeness (QED) is 0.904. The van der Waals surface area contributed by atoms with Crippen LogP contribution in [0.5, 0.6) is 0 Å². The first-order valence-corrected chi connectivity index (χ1v) is 8.74. The van der Waals surface area contributed by atoms with Crippen LogP contribution >= 0.6 is 0 Å². The number of aromatic nitrogens is 2. The molecule has 7 nitrogen and oxygen atoms in total. The van der Waals surface area contributed by atoms with Gasteiger partial charge in [-0.1, -0.05) is 19.1 Å². The van der Waals surface area contributed by atoms with E-state index < -0.39 is 10.0 Å². The van der Waals surface area contributed by atoms with Crippen molar-refractivity contribution in [1.29, 1.82) is 0 Å². The van der Waals surface area contributed by atoms with E-state index in [0.717, 1.165) is 0 Å². The summed E-state index contributed by atoms with van der Waals surface area (Å²) in [6.45, 7) is 4.20. The van der Waals surface area contributed by atoms with Crippen molar-refractivity contribution in [1.82, 2.24) is 10.2 Å². The Kier molecular flexibility index (Phi) is 3.85. The van der Waals surface area contributed by atoms with Gasteiger partial charge >= 0.3 is 0 Å². The molecule has 0 aliphatic carbocycles. The highest BCUT2D eigenvalue weighted by Gasteiger charge is 2.34. The molecule has 0 spiro atoms. The molecule has 0 radical (unpaired) electrons. The average Bonchev–Trinajstić information content (AvgIpc) is 3.00. The molecule has 0 saturated heterocycles. The van der Waals surface area contributed by atoms with Crippen LogP contribution in [0, 0.1) is 5.92 Å². The number of nitrogens with zero attached hydrogens (tertiary/aromatic N) is 3. The summed E-state index contributed by atoms with van der Waals surface area (Å²) in [6, 6.07) is 7.06. The molecule has 1 unspecified atom stereocenters. The van der Waals surface area contributed by atoms with Crippen molar-refractivity contribution in [2.24, 2.45) is 5.92 Å². The lowest BCUT2D eigenvalue weighted by Gasteiger charge is -2.25. The van der Waals surface area contributed by atoms with Crippen LogP contribution in [0.25, 0.3) is 0 Å². The van der Waals surface area contributed by atoms with Gasteiger partial charge in [0.05, 0.1) is 17.6 Å². The maximum Gasteiger partial charge on any atom is 0.267 e. The van der Waals surface area contributed by atoms with Crippen LogP contribution < -0.4 is 9.21 Å². The average molecular weight is 334 g/mol. The number of carbonyl (C=O) groups is 1. The lowest BCUT2D eigenvalue weighted by atomic mass is 10.1. The second-order valence-corrected chi connectivity index (χ2v) is 7.56. The monoisotopic (exact) mass is 334 g/mol. The zero-order valence-electron chi connectivity index (χ0n) is 12.9. The van der Waals surface area contributed by atoms with E-state index in [0.29, 0.717) is 24.5 Å². The van der Waals surface area contributed by atoms with Crippen LogP contribution in [-0.2, 0) is 14.8 Å². The van der Waals surface area contributed by atoms with Crippen LogP contribution in [0.1, 0.15) is 13.8 Å². The Morgan fingerprint density at radius 3 is 2.57 bits per heavy atom. The first kappa shape index (κ1) is 15.5. The summed E-state index contributed by atoms with van der Waals surface area (Å²) >= 11 is 0. The predicted octanol–water partition coefficient (Wildman–Crippen LogP) is 1.61. The number of aromatic amines is 1. The second kappa shape index (κ2) is 5.69. The number of hydrogen-bond donors (Lipinski definition) is 1. The van der Waals surface area contributed by atoms with Crippen LogP contribution in [0.2, 0.25) is 0 Å². The SMILES string of the molecule is CC(=O)N1CC(C)CN(S(=O)(=O)c2cn[nH]c2)c2ccccc21. The number of amides is 1. The first-order chi connectivity index (χ1) is 10.9. The molecule has 1 aromatic heterocycles. The third-order valence-electron chi connectivity index (χ3n) is 3.85. The summed E-state index contributed by atoms with van der Waals surface area (Å²) in [5, 5.41) is 6.26. The fourth-order valence-corrected chi connectivity index (χ4v) is 4.29. The summed E-state index contributed by atoms with van der Waals surface area (Å²) in [6.07, 6.45) is 2.65. The van der Waals surface area contributed by atoms with Gasteiger partial charge in [-0.25, -0.2) is 8.42 Å². The molecule has 1 aliphatic heterocycles. The summed E-state index contributed by atoms with van der Waals surface area (Å²) in [7, 11) is -3.74. The molecule has 0 fully saturated rings. The van der Waals surface area contributed by atoms with Crippen LogP contribution in [-0.4, -0.2) is 37.6 Å². The standard InChI is InChI=1S/C15H18N4O3S/c1-11-9-18(12(2)20)14-5-3-4-6-15(14)19(10-11)23(21,22)13-7-16-17-8-13/h3-8,11H,9-10H2,1-2H3,(H,16,17). The van der Waals surface area contributed by atoms with Crippen molar-refractivity contribution in [3.8, 4) is 0 Å². The van der Waals surface area contributed by atoms with Gasteiger partial charge in [-0.05, 0) is 18.1 Å². The summed E-state index contributed by atoms with van der Waals surface area (Å²) in [5.74, 6) is -0.111. The van der Waals surface area contributed by atoms with E-state index in [1.165, 1.54) is 23.6 Å². The van der Waals surface area contributed by atoms with Gasteiger partial charge in [-0.15, -0.1) is 0 Å². The van der Waals surface area contributed by atoms with Gasteiger partial charge in [0.1, 0.15) is 4.90 Å². The molecule has 0 saturated carbocycles. The van der Waals surface area contributed by atoms with Crippen molar-refractivity contribution < 1.29 is 13.2 Å². The van der Waals surface area contributed by atoms with Crippen molar-refractivity contribution in [2.75, 3.05) is 22.3 Å². The molecule has 0 bridgehead atoms. The van der Waals surface area contributed by atoms with E-state index in [1.807, 2.05) is 6.92 Å². The van der Waals surface area contributed by atoms with E-state index in [4.69, 9.17) is 0 Å². The molecule has 1 aromatic carbocycles. The van der Waals surface area contributed by atoms with Gasteiger partial charge in [0.15, 0.2) is 0 Å². The number of nitrogens with one attached hydrogen (secondary N) is 1. The van der Waals surface area contributed by atoms with Gasteiger partial charge in [0, 0.05) is 26.2 Å². The van der Waals surface area contributed by atoms with Gasteiger partial charge in [0.25, 0.3) is 10.0 Å². The molecule has 2 heterocycles. The molecule has 8 heteroatoms. The van der Waals surface area contributed by atoms with Crippen LogP contribution in [0.3, 0.4) is 0 Å². The molecule has 3 rings (SSSR count). The molecule has 1 amide bonds. The molecule has 2 aromatic rings. The van der Waals surface area contributed by atoms with E-state index in [2.05, 4.69) is 10.2 Å². The van der Waals surface area contributed by atoms with Crippen molar-refractivity contribution >= 4 is 27.3 Å². The smallest absolute Gasteiger partial charge is 0.267 e. The number of rotatable bonds is 2. The predicted molar refractivity (Wildman–Crippen MR) is 86.8 cm³/mol. The van der Waals surface area contributed by atoms with E-state index in [-0.39, 0.29) is 16.7 Å². The number of fused-ring (bicyclic) bond motifs is 1. The third-order valence-corrected chi connectivity index (χ3v) is 5.60. The zero-order chi connectivity index (χ0) is 16.6. The van der Waals surface area contributed by atoms with E-state index in [1.54, 1.807) is 29.2 Å². The first-order valence-electron chi connectivity index (χ1n) is 7.30. The number of para-hydroxylation sites is 2. The minimum Gasteiger partial charge on any atom is -0.310 e. The lowest BCUT2D eigenvalue weighted by molar-refractivity contribution is -0.116. The minimum absolute atomic E-state index is 0.00650. The molecule has 122 valence electrons. The fourth-order valence-electron chi connectivity index (χ4n) is 2.79. The minimum atomic E-state index is -3.74. The van der Waals surface area contributed by atoms with Crippen LogP contribution in [0.4, 0.5) is 11.4 Å². The summed E-state index contributed by atoms with van der Waals surface area (Å²) < 4.78 is 27.3. The van der Waals surface area contributed by atoms with Crippen LogP contribution in [0.15, 0.2) is 41.6 Å². The fraction of sp³-hybridized carbons (Fsp3) is 0.333. The Morgan fingerprint density at radius 2 is 1.96 bits per heavy atom. The zero-order valence-corrected chi connectivity index (χ0v) is 13.7. The van der Waals surface area contributed by atoms with Crippen molar-refractivity contribution in [3.05, 3.63) is 36.7 Å². The Hall–Kier alpha value is -2.35. The largest absolute Gasteiger partial charge is 0.310 e. The number of carbonyl (C=O) groups excluding carboxylic acids is 1. The molecule has 1 atom stereocenters. The number of hydrogen-bond acceptors (Lipinski definition) is 4. The Morgan fingerprint density at radius 1 is 1.26 bits per heavy atom. The van der Waals surface area contributed by atoms with Gasteiger partial charge in [0.2, 0.25) is 5.91 Å². The Balaban J connectivity index is 2.17. The topological polar surface area (TPSA) is 86.4 Å². The second-order valence-electron chi connectivity index (χ2n) is 5.69. The van der Waals surface area contributed by atoms with E-state index in [9.17, 15) is 13.2 Å². The maximum atomic E-state index is 12.9. The molecule has 1 aliphatic rings.